The number of hydroxylamine groups is 1. The summed E-state index contributed by atoms with van der Waals surface area (Å²) in [6.45, 7) is -0.326. The molecule has 0 amide bonds. The summed E-state index contributed by atoms with van der Waals surface area (Å²) < 4.78 is 0. The molecule has 3 aromatic rings. The van der Waals surface area contributed by atoms with Crippen LogP contribution in [0.5, 0.6) is 5.88 Å². The van der Waals surface area contributed by atoms with E-state index in [9.17, 15) is 15.4 Å². The van der Waals surface area contributed by atoms with Gasteiger partial charge < -0.3 is 15.2 Å². The van der Waals surface area contributed by atoms with Crippen molar-refractivity contribution in [2.75, 3.05) is 11.7 Å². The fourth-order valence-corrected chi connectivity index (χ4v) is 2.88. The second-order valence-corrected chi connectivity index (χ2v) is 6.02. The fraction of sp³-hybridized carbons (Fsp3) is 0.105. The molecular weight excluding hydrogens is 346 g/mol. The summed E-state index contributed by atoms with van der Waals surface area (Å²) in [5.74, 6) is -0.238. The molecule has 1 aliphatic heterocycles. The maximum Gasteiger partial charge on any atom is 0.238 e. The molecule has 0 saturated carbocycles. The maximum absolute atomic E-state index is 10.5. The van der Waals surface area contributed by atoms with Crippen LogP contribution in [0, 0.1) is 0 Å². The Bertz CT molecular complexity index is 1110. The van der Waals surface area contributed by atoms with Crippen LogP contribution < -0.4 is 15.6 Å². The summed E-state index contributed by atoms with van der Waals surface area (Å²) in [5, 5.41) is 32.7. The number of aromatic nitrogens is 2. The number of aromatic amines is 1. The molecule has 8 heteroatoms. The third-order valence-corrected chi connectivity index (χ3v) is 4.27. The van der Waals surface area contributed by atoms with Crippen LogP contribution in [0.25, 0.3) is 6.08 Å². The molecule has 1 aliphatic rings. The normalized spacial score (nSPS) is 14.1. The number of nitrogens with zero attached hydrogens (tertiary/aromatic N) is 4. The molecule has 2 heterocycles. The molecule has 0 fully saturated rings. The SMILES string of the molecule is OC[C@H](c1ccccc1)N(O)c1nc(O)c(C=c2ccc3c(c2)N=CN=3)[nH]1. The van der Waals surface area contributed by atoms with E-state index in [0.717, 1.165) is 21.3 Å². The quantitative estimate of drug-likeness (QED) is 0.508. The molecule has 136 valence electrons. The number of anilines is 1. The number of hydrogen-bond acceptors (Lipinski definition) is 7. The van der Waals surface area contributed by atoms with Crippen molar-refractivity contribution < 1.29 is 15.4 Å². The molecule has 0 aliphatic carbocycles. The summed E-state index contributed by atoms with van der Waals surface area (Å²) in [6.07, 6.45) is 3.17. The average Bonchev–Trinajstić information content (AvgIpc) is 3.29. The van der Waals surface area contributed by atoms with Crippen LogP contribution in [0.3, 0.4) is 0 Å². The van der Waals surface area contributed by atoms with Gasteiger partial charge in [0, 0.05) is 0 Å². The summed E-state index contributed by atoms with van der Waals surface area (Å²) in [6, 6.07) is 13.8. The fourth-order valence-electron chi connectivity index (χ4n) is 2.88. The van der Waals surface area contributed by atoms with Crippen LogP contribution in [0.15, 0.2) is 58.5 Å². The van der Waals surface area contributed by atoms with Crippen LogP contribution in [0.1, 0.15) is 17.3 Å². The van der Waals surface area contributed by atoms with Gasteiger partial charge in [0.15, 0.2) is 0 Å². The molecule has 0 spiro atoms. The van der Waals surface area contributed by atoms with Gasteiger partial charge in [-0.1, -0.05) is 36.4 Å². The smallest absolute Gasteiger partial charge is 0.238 e. The van der Waals surface area contributed by atoms with E-state index in [1.807, 2.05) is 36.4 Å². The number of imidazole rings is 1. The van der Waals surface area contributed by atoms with E-state index in [0.29, 0.717) is 11.3 Å². The Kier molecular flexibility index (Phi) is 4.41. The zero-order chi connectivity index (χ0) is 18.8. The predicted molar refractivity (Wildman–Crippen MR) is 99.7 cm³/mol. The molecule has 0 radical (unpaired) electrons. The van der Waals surface area contributed by atoms with Gasteiger partial charge in [-0.3, -0.25) is 5.21 Å². The number of aliphatic hydroxyl groups excluding tert-OH is 1. The second-order valence-electron chi connectivity index (χ2n) is 6.02. The van der Waals surface area contributed by atoms with E-state index >= 15 is 0 Å². The highest BCUT2D eigenvalue weighted by Crippen LogP contribution is 2.26. The Labute approximate surface area is 154 Å². The standard InChI is InChI=1S/C19H17N5O3/c25-10-17(13-4-2-1-3-5-13)24(27)19-22-16(18(26)23-19)9-12-6-7-14-15(8-12)21-11-20-14/h1-9,11,17,25-27H,10H2,(H,22,23)/t17-/m1/s1. The largest absolute Gasteiger partial charge is 0.492 e. The Hall–Kier alpha value is -3.49. The van der Waals surface area contributed by atoms with Crippen molar-refractivity contribution in [3.05, 3.63) is 70.4 Å². The van der Waals surface area contributed by atoms with Crippen molar-refractivity contribution in [1.29, 1.82) is 0 Å². The maximum atomic E-state index is 10.5. The van der Waals surface area contributed by atoms with Gasteiger partial charge >= 0.3 is 0 Å². The molecule has 0 saturated heterocycles. The number of rotatable bonds is 5. The van der Waals surface area contributed by atoms with Crippen LogP contribution in [-0.4, -0.2) is 38.3 Å². The molecule has 4 rings (SSSR count). The van der Waals surface area contributed by atoms with Crippen molar-refractivity contribution in [1.82, 2.24) is 9.97 Å². The van der Waals surface area contributed by atoms with Gasteiger partial charge in [0.1, 0.15) is 18.1 Å². The molecule has 2 aromatic carbocycles. The number of aliphatic imine (C=N–C) groups is 1. The van der Waals surface area contributed by atoms with Crippen LogP contribution >= 0.6 is 0 Å². The zero-order valence-corrected chi connectivity index (χ0v) is 14.2. The third-order valence-electron chi connectivity index (χ3n) is 4.27. The highest BCUT2D eigenvalue weighted by Gasteiger charge is 2.22. The first-order valence-corrected chi connectivity index (χ1v) is 8.31. The number of aliphatic hydroxyl groups is 1. The molecule has 8 nitrogen and oxygen atoms in total. The highest BCUT2D eigenvalue weighted by molar-refractivity contribution is 5.67. The van der Waals surface area contributed by atoms with Crippen LogP contribution in [0.4, 0.5) is 11.6 Å². The van der Waals surface area contributed by atoms with Gasteiger partial charge in [0.2, 0.25) is 11.8 Å². The minimum atomic E-state index is -0.722. The topological polar surface area (TPSA) is 117 Å². The minimum absolute atomic E-state index is 0.0239. The molecule has 1 atom stereocenters. The van der Waals surface area contributed by atoms with Gasteiger partial charge in [-0.15, -0.1) is 0 Å². The number of nitrogens with one attached hydrogen (secondary N) is 1. The minimum Gasteiger partial charge on any atom is -0.492 e. The summed E-state index contributed by atoms with van der Waals surface area (Å²) >= 11 is 0. The molecule has 27 heavy (non-hydrogen) atoms. The lowest BCUT2D eigenvalue weighted by Gasteiger charge is -2.23. The molecule has 0 unspecified atom stereocenters. The molecule has 1 aromatic heterocycles. The number of fused-ring (bicyclic) bond motifs is 1. The Morgan fingerprint density at radius 2 is 1.96 bits per heavy atom. The zero-order valence-electron chi connectivity index (χ0n) is 14.2. The second kappa shape index (κ2) is 7.02. The van der Waals surface area contributed by atoms with Crippen LogP contribution in [-0.2, 0) is 0 Å². The lowest BCUT2D eigenvalue weighted by molar-refractivity contribution is 0.157. The lowest BCUT2D eigenvalue weighted by atomic mass is 10.1. The van der Waals surface area contributed by atoms with E-state index in [-0.39, 0.29) is 18.4 Å². The van der Waals surface area contributed by atoms with Crippen molar-refractivity contribution in [3.8, 4) is 5.88 Å². The first-order valence-electron chi connectivity index (χ1n) is 8.31. The van der Waals surface area contributed by atoms with Crippen molar-refractivity contribution in [2.24, 2.45) is 9.98 Å². The predicted octanol–water partition coefficient (Wildman–Crippen LogP) is 1.17. The van der Waals surface area contributed by atoms with Crippen molar-refractivity contribution in [2.45, 2.75) is 6.04 Å². The number of hydrogen-bond donors (Lipinski definition) is 4. The van der Waals surface area contributed by atoms with Crippen molar-refractivity contribution in [3.63, 3.8) is 0 Å². The van der Waals surface area contributed by atoms with E-state index in [1.54, 1.807) is 18.2 Å². The average molecular weight is 363 g/mol. The first-order chi connectivity index (χ1) is 13.2. The summed E-state index contributed by atoms with van der Waals surface area (Å²) in [5.41, 5.74) is 1.79. The number of benzene rings is 2. The lowest BCUT2D eigenvalue weighted by Crippen LogP contribution is -2.28. The summed E-state index contributed by atoms with van der Waals surface area (Å²) in [7, 11) is 0. The van der Waals surface area contributed by atoms with Gasteiger partial charge in [-0.25, -0.2) is 15.0 Å². The van der Waals surface area contributed by atoms with E-state index in [4.69, 9.17) is 0 Å². The monoisotopic (exact) mass is 363 g/mol. The Balaban J connectivity index is 1.66. The molecular formula is C19H17N5O3. The Morgan fingerprint density at radius 1 is 1.15 bits per heavy atom. The van der Waals surface area contributed by atoms with Crippen LogP contribution in [0.2, 0.25) is 0 Å². The van der Waals surface area contributed by atoms with E-state index < -0.39 is 6.04 Å². The highest BCUT2D eigenvalue weighted by atomic mass is 16.5. The number of aromatic hydroxyl groups is 1. The first kappa shape index (κ1) is 17.0. The van der Waals surface area contributed by atoms with E-state index in [2.05, 4.69) is 20.0 Å². The Morgan fingerprint density at radius 3 is 2.74 bits per heavy atom. The number of H-pyrrole nitrogens is 1. The summed E-state index contributed by atoms with van der Waals surface area (Å²) in [4.78, 5) is 15.1. The van der Waals surface area contributed by atoms with Crippen molar-refractivity contribution >= 4 is 24.1 Å². The third kappa shape index (κ3) is 3.31. The van der Waals surface area contributed by atoms with Gasteiger partial charge in [0.25, 0.3) is 0 Å². The molecule has 0 bridgehead atoms. The van der Waals surface area contributed by atoms with Gasteiger partial charge in [0.05, 0.1) is 17.7 Å². The van der Waals surface area contributed by atoms with Gasteiger partial charge in [-0.05, 0) is 29.0 Å². The van der Waals surface area contributed by atoms with E-state index in [1.165, 1.54) is 6.34 Å². The van der Waals surface area contributed by atoms with Gasteiger partial charge in [-0.2, -0.15) is 4.98 Å². The molecule has 4 N–H and O–H groups in total.